The summed E-state index contributed by atoms with van der Waals surface area (Å²) in [5, 5.41) is 0. The SMILES string of the molecule is C=CCN1C(N)=NCC1c1ccc(C)s1. The summed E-state index contributed by atoms with van der Waals surface area (Å²) in [6.07, 6.45) is 1.86. The van der Waals surface area contributed by atoms with Crippen molar-refractivity contribution in [2.75, 3.05) is 13.1 Å². The van der Waals surface area contributed by atoms with Crippen molar-refractivity contribution in [3.8, 4) is 0 Å². The van der Waals surface area contributed by atoms with Crippen LogP contribution in [0.1, 0.15) is 15.8 Å². The van der Waals surface area contributed by atoms with E-state index in [1.807, 2.05) is 17.4 Å². The summed E-state index contributed by atoms with van der Waals surface area (Å²) < 4.78 is 0. The van der Waals surface area contributed by atoms with Crippen molar-refractivity contribution in [1.82, 2.24) is 4.90 Å². The molecule has 0 aliphatic carbocycles. The van der Waals surface area contributed by atoms with E-state index in [4.69, 9.17) is 5.73 Å². The molecule has 80 valence electrons. The summed E-state index contributed by atoms with van der Waals surface area (Å²) in [4.78, 5) is 9.04. The molecule has 1 aliphatic heterocycles. The third-order valence-corrected chi connectivity index (χ3v) is 3.61. The second-order valence-electron chi connectivity index (χ2n) is 3.60. The van der Waals surface area contributed by atoms with E-state index in [1.54, 1.807) is 0 Å². The van der Waals surface area contributed by atoms with Crippen LogP contribution in [0.25, 0.3) is 0 Å². The Bertz CT molecular complexity index is 394. The van der Waals surface area contributed by atoms with Crippen LogP contribution < -0.4 is 5.73 Å². The van der Waals surface area contributed by atoms with Gasteiger partial charge in [0.15, 0.2) is 5.96 Å². The van der Waals surface area contributed by atoms with Gasteiger partial charge in [0.05, 0.1) is 12.6 Å². The van der Waals surface area contributed by atoms with Gasteiger partial charge in [-0.2, -0.15) is 0 Å². The van der Waals surface area contributed by atoms with Gasteiger partial charge in [0.2, 0.25) is 0 Å². The summed E-state index contributed by atoms with van der Waals surface area (Å²) in [5.41, 5.74) is 5.83. The number of nitrogens with zero attached hydrogens (tertiary/aromatic N) is 2. The van der Waals surface area contributed by atoms with Gasteiger partial charge in [-0.15, -0.1) is 17.9 Å². The van der Waals surface area contributed by atoms with Gasteiger partial charge in [0.25, 0.3) is 0 Å². The number of hydrogen-bond acceptors (Lipinski definition) is 4. The van der Waals surface area contributed by atoms with Gasteiger partial charge in [-0.1, -0.05) is 6.08 Å². The van der Waals surface area contributed by atoms with Gasteiger partial charge in [-0.3, -0.25) is 4.99 Å². The molecular weight excluding hydrogens is 206 g/mol. The second kappa shape index (κ2) is 4.06. The minimum absolute atomic E-state index is 0.307. The maximum Gasteiger partial charge on any atom is 0.192 e. The van der Waals surface area contributed by atoms with Crippen LogP contribution in [0.4, 0.5) is 0 Å². The minimum atomic E-state index is 0.307. The Morgan fingerprint density at radius 3 is 3.13 bits per heavy atom. The average molecular weight is 221 g/mol. The van der Waals surface area contributed by atoms with Crippen LogP contribution in [0.3, 0.4) is 0 Å². The fraction of sp³-hybridized carbons (Fsp3) is 0.364. The molecule has 0 bridgehead atoms. The van der Waals surface area contributed by atoms with Gasteiger partial charge in [-0.25, -0.2) is 0 Å². The summed E-state index contributed by atoms with van der Waals surface area (Å²) in [6, 6.07) is 4.61. The number of thiophene rings is 1. The van der Waals surface area contributed by atoms with E-state index in [1.165, 1.54) is 9.75 Å². The quantitative estimate of drug-likeness (QED) is 0.792. The van der Waals surface area contributed by atoms with Crippen molar-refractivity contribution in [2.45, 2.75) is 13.0 Å². The molecule has 2 heterocycles. The molecule has 1 atom stereocenters. The largest absolute Gasteiger partial charge is 0.370 e. The van der Waals surface area contributed by atoms with Crippen molar-refractivity contribution in [3.63, 3.8) is 0 Å². The van der Waals surface area contributed by atoms with Crippen LogP contribution in [0.15, 0.2) is 29.8 Å². The van der Waals surface area contributed by atoms with Gasteiger partial charge in [0.1, 0.15) is 0 Å². The van der Waals surface area contributed by atoms with E-state index < -0.39 is 0 Å². The van der Waals surface area contributed by atoms with Gasteiger partial charge < -0.3 is 10.6 Å². The maximum atomic E-state index is 5.83. The Morgan fingerprint density at radius 1 is 1.73 bits per heavy atom. The fourth-order valence-corrected chi connectivity index (χ4v) is 2.75. The molecule has 0 fully saturated rings. The van der Waals surface area contributed by atoms with E-state index in [-0.39, 0.29) is 0 Å². The molecule has 15 heavy (non-hydrogen) atoms. The number of aliphatic imine (C=N–C) groups is 1. The zero-order valence-electron chi connectivity index (χ0n) is 8.81. The first kappa shape index (κ1) is 10.2. The molecule has 0 radical (unpaired) electrons. The molecule has 0 spiro atoms. The maximum absolute atomic E-state index is 5.83. The van der Waals surface area contributed by atoms with Crippen molar-refractivity contribution >= 4 is 17.3 Å². The molecule has 1 aromatic heterocycles. The molecule has 4 heteroatoms. The smallest absolute Gasteiger partial charge is 0.192 e. The lowest BCUT2D eigenvalue weighted by Gasteiger charge is -2.23. The highest BCUT2D eigenvalue weighted by molar-refractivity contribution is 7.12. The highest BCUT2D eigenvalue weighted by Gasteiger charge is 2.27. The first-order valence-corrected chi connectivity index (χ1v) is 5.78. The van der Waals surface area contributed by atoms with Crippen LogP contribution in [0.5, 0.6) is 0 Å². The van der Waals surface area contributed by atoms with Crippen LogP contribution in [0, 0.1) is 6.92 Å². The van der Waals surface area contributed by atoms with Gasteiger partial charge in [0, 0.05) is 16.3 Å². The Morgan fingerprint density at radius 2 is 2.53 bits per heavy atom. The van der Waals surface area contributed by atoms with Crippen LogP contribution in [-0.4, -0.2) is 23.9 Å². The van der Waals surface area contributed by atoms with Crippen molar-refractivity contribution < 1.29 is 0 Å². The highest BCUT2D eigenvalue weighted by Crippen LogP contribution is 2.30. The van der Waals surface area contributed by atoms with Crippen molar-refractivity contribution in [2.24, 2.45) is 10.7 Å². The Kier molecular flexibility index (Phi) is 2.77. The minimum Gasteiger partial charge on any atom is -0.370 e. The lowest BCUT2D eigenvalue weighted by molar-refractivity contribution is 0.385. The highest BCUT2D eigenvalue weighted by atomic mass is 32.1. The number of rotatable bonds is 3. The third kappa shape index (κ3) is 1.90. The zero-order chi connectivity index (χ0) is 10.8. The third-order valence-electron chi connectivity index (χ3n) is 2.51. The molecule has 2 rings (SSSR count). The summed E-state index contributed by atoms with van der Waals surface area (Å²) in [5.74, 6) is 0.631. The first-order chi connectivity index (χ1) is 7.22. The topological polar surface area (TPSA) is 41.6 Å². The molecule has 2 N–H and O–H groups in total. The first-order valence-electron chi connectivity index (χ1n) is 4.96. The van der Waals surface area contributed by atoms with Crippen LogP contribution >= 0.6 is 11.3 Å². The molecule has 1 aromatic rings. The Balaban J connectivity index is 2.20. The van der Waals surface area contributed by atoms with Crippen molar-refractivity contribution in [1.29, 1.82) is 0 Å². The molecule has 0 saturated carbocycles. The average Bonchev–Trinajstić information content (AvgIpc) is 2.76. The number of hydrogen-bond donors (Lipinski definition) is 1. The van der Waals surface area contributed by atoms with Gasteiger partial charge >= 0.3 is 0 Å². The van der Waals surface area contributed by atoms with E-state index >= 15 is 0 Å². The molecule has 1 unspecified atom stereocenters. The van der Waals surface area contributed by atoms with Crippen molar-refractivity contribution in [3.05, 3.63) is 34.5 Å². The molecule has 0 amide bonds. The Hall–Kier alpha value is -1.29. The number of guanidine groups is 1. The molecule has 0 saturated heterocycles. The predicted octanol–water partition coefficient (Wildman–Crippen LogP) is 1.91. The van der Waals surface area contributed by atoms with Crippen LogP contribution in [-0.2, 0) is 0 Å². The molecule has 0 aromatic carbocycles. The second-order valence-corrected chi connectivity index (χ2v) is 4.92. The fourth-order valence-electron chi connectivity index (χ4n) is 1.76. The van der Waals surface area contributed by atoms with Gasteiger partial charge in [-0.05, 0) is 19.1 Å². The van der Waals surface area contributed by atoms with E-state index in [0.29, 0.717) is 12.0 Å². The van der Waals surface area contributed by atoms with E-state index in [2.05, 4.69) is 35.5 Å². The molecule has 1 aliphatic rings. The lowest BCUT2D eigenvalue weighted by atomic mass is 10.2. The zero-order valence-corrected chi connectivity index (χ0v) is 9.63. The summed E-state index contributed by atoms with van der Waals surface area (Å²) >= 11 is 1.81. The molecule has 3 nitrogen and oxygen atoms in total. The van der Waals surface area contributed by atoms with E-state index in [9.17, 15) is 0 Å². The lowest BCUT2D eigenvalue weighted by Crippen LogP contribution is -2.35. The monoisotopic (exact) mass is 221 g/mol. The van der Waals surface area contributed by atoms with Crippen LogP contribution in [0.2, 0.25) is 0 Å². The van der Waals surface area contributed by atoms with E-state index in [0.717, 1.165) is 13.1 Å². The summed E-state index contributed by atoms with van der Waals surface area (Å²) in [6.45, 7) is 7.38. The Labute approximate surface area is 93.9 Å². The molecular formula is C11H15N3S. The number of aryl methyl sites for hydroxylation is 1. The summed E-state index contributed by atoms with van der Waals surface area (Å²) in [7, 11) is 0. The standard InChI is InChI=1S/C11H15N3S/c1-3-6-14-9(7-13-11(14)12)10-5-4-8(2)15-10/h3-5,9H,1,6-7H2,2H3,(H2,12,13). The normalized spacial score (nSPS) is 20.5. The number of nitrogens with two attached hydrogens (primary N) is 1. The predicted molar refractivity (Wildman–Crippen MR) is 65.2 cm³/mol.